The third-order valence-electron chi connectivity index (χ3n) is 3.75. The van der Waals surface area contributed by atoms with Gasteiger partial charge in [0.1, 0.15) is 5.75 Å². The van der Waals surface area contributed by atoms with Crippen LogP contribution in [0.3, 0.4) is 0 Å². The van der Waals surface area contributed by atoms with E-state index in [0.717, 1.165) is 22.4 Å². The van der Waals surface area contributed by atoms with Crippen molar-refractivity contribution in [3.8, 4) is 16.9 Å². The molecule has 0 saturated carbocycles. The van der Waals surface area contributed by atoms with Gasteiger partial charge in [-0.2, -0.15) is 0 Å². The van der Waals surface area contributed by atoms with Crippen LogP contribution in [0.15, 0.2) is 71.7 Å². The molecule has 0 unspecified atom stereocenters. The second-order valence-corrected chi connectivity index (χ2v) is 5.88. The van der Waals surface area contributed by atoms with Crippen LogP contribution in [0.1, 0.15) is 12.5 Å². The maximum Gasteiger partial charge on any atom is 0.250 e. The van der Waals surface area contributed by atoms with E-state index in [1.54, 1.807) is 10.6 Å². The van der Waals surface area contributed by atoms with Gasteiger partial charge in [0.15, 0.2) is 0 Å². The van der Waals surface area contributed by atoms with Gasteiger partial charge in [-0.15, -0.1) is 0 Å². The molecular formula is C20H18ClNO2. The van der Waals surface area contributed by atoms with Gasteiger partial charge in [-0.05, 0) is 36.8 Å². The van der Waals surface area contributed by atoms with Crippen LogP contribution in [0.25, 0.3) is 11.1 Å². The van der Waals surface area contributed by atoms with Gasteiger partial charge >= 0.3 is 0 Å². The van der Waals surface area contributed by atoms with Gasteiger partial charge < -0.3 is 9.30 Å². The number of halogens is 1. The first-order valence-corrected chi connectivity index (χ1v) is 8.22. The SMILES string of the molecule is CCOc1ccccc1-c1ccc(=O)n(Cc2ccc(Cl)cc2)c1. The third kappa shape index (κ3) is 3.69. The Balaban J connectivity index is 1.97. The Bertz CT molecular complexity index is 885. The number of hydrogen-bond donors (Lipinski definition) is 0. The van der Waals surface area contributed by atoms with E-state index in [0.29, 0.717) is 18.2 Å². The van der Waals surface area contributed by atoms with Crippen LogP contribution in [0.5, 0.6) is 5.75 Å². The molecule has 0 N–H and O–H groups in total. The predicted octanol–water partition coefficient (Wildman–Crippen LogP) is 4.62. The van der Waals surface area contributed by atoms with Crippen molar-refractivity contribution in [2.24, 2.45) is 0 Å². The van der Waals surface area contributed by atoms with Crippen molar-refractivity contribution >= 4 is 11.6 Å². The summed E-state index contributed by atoms with van der Waals surface area (Å²) in [6, 6.07) is 18.8. The summed E-state index contributed by atoms with van der Waals surface area (Å²) in [4.78, 5) is 12.2. The standard InChI is InChI=1S/C20H18ClNO2/c1-2-24-19-6-4-3-5-18(19)16-9-12-20(23)22(14-16)13-15-7-10-17(21)11-8-15/h3-12,14H,2,13H2,1H3. The van der Waals surface area contributed by atoms with Crippen molar-refractivity contribution in [3.63, 3.8) is 0 Å². The molecule has 0 bridgehead atoms. The van der Waals surface area contributed by atoms with Crippen molar-refractivity contribution in [1.29, 1.82) is 0 Å². The van der Waals surface area contributed by atoms with Crippen molar-refractivity contribution < 1.29 is 4.74 Å². The topological polar surface area (TPSA) is 31.2 Å². The lowest BCUT2D eigenvalue weighted by Crippen LogP contribution is -2.19. The molecule has 3 aromatic rings. The minimum atomic E-state index is -0.0393. The van der Waals surface area contributed by atoms with Crippen molar-refractivity contribution in [3.05, 3.63) is 87.8 Å². The third-order valence-corrected chi connectivity index (χ3v) is 4.00. The monoisotopic (exact) mass is 339 g/mol. The molecule has 0 spiro atoms. The van der Waals surface area contributed by atoms with Gasteiger partial charge in [0, 0.05) is 28.4 Å². The average molecular weight is 340 g/mol. The summed E-state index contributed by atoms with van der Waals surface area (Å²) in [7, 11) is 0. The first kappa shape index (κ1) is 16.3. The number of benzene rings is 2. The lowest BCUT2D eigenvalue weighted by Gasteiger charge is -2.12. The Labute approximate surface area is 146 Å². The number of ether oxygens (including phenoxy) is 1. The molecule has 4 heteroatoms. The summed E-state index contributed by atoms with van der Waals surface area (Å²) >= 11 is 5.92. The molecule has 3 rings (SSSR count). The number of para-hydroxylation sites is 1. The summed E-state index contributed by atoms with van der Waals surface area (Å²) < 4.78 is 7.39. The molecule has 0 fully saturated rings. The smallest absolute Gasteiger partial charge is 0.250 e. The Morgan fingerprint density at radius 2 is 1.75 bits per heavy atom. The molecule has 0 atom stereocenters. The minimum Gasteiger partial charge on any atom is -0.493 e. The summed E-state index contributed by atoms with van der Waals surface area (Å²) in [6.45, 7) is 3.06. The molecule has 0 aliphatic carbocycles. The zero-order chi connectivity index (χ0) is 16.9. The molecule has 1 heterocycles. The second kappa shape index (κ2) is 7.37. The van der Waals surface area contributed by atoms with Gasteiger partial charge in [-0.1, -0.05) is 41.9 Å². The van der Waals surface area contributed by atoms with E-state index < -0.39 is 0 Å². The molecule has 0 aliphatic rings. The van der Waals surface area contributed by atoms with Gasteiger partial charge in [-0.3, -0.25) is 4.79 Å². The fourth-order valence-corrected chi connectivity index (χ4v) is 2.71. The fourth-order valence-electron chi connectivity index (χ4n) is 2.59. The van der Waals surface area contributed by atoms with E-state index in [4.69, 9.17) is 16.3 Å². The molecular weight excluding hydrogens is 322 g/mol. The van der Waals surface area contributed by atoms with Crippen LogP contribution in [0.4, 0.5) is 0 Å². The van der Waals surface area contributed by atoms with Crippen LogP contribution in [0, 0.1) is 0 Å². The first-order chi connectivity index (χ1) is 11.7. The number of rotatable bonds is 5. The molecule has 0 radical (unpaired) electrons. The Morgan fingerprint density at radius 1 is 1.00 bits per heavy atom. The zero-order valence-electron chi connectivity index (χ0n) is 13.4. The molecule has 0 saturated heterocycles. The number of pyridine rings is 1. The lowest BCUT2D eigenvalue weighted by atomic mass is 10.1. The minimum absolute atomic E-state index is 0.0393. The second-order valence-electron chi connectivity index (χ2n) is 5.44. The number of hydrogen-bond acceptors (Lipinski definition) is 2. The largest absolute Gasteiger partial charge is 0.493 e. The normalized spacial score (nSPS) is 10.6. The number of nitrogens with zero attached hydrogens (tertiary/aromatic N) is 1. The highest BCUT2D eigenvalue weighted by Crippen LogP contribution is 2.29. The van der Waals surface area contributed by atoms with Crippen LogP contribution in [-0.2, 0) is 6.54 Å². The summed E-state index contributed by atoms with van der Waals surface area (Å²) in [6.07, 6.45) is 1.87. The Morgan fingerprint density at radius 3 is 2.50 bits per heavy atom. The quantitative estimate of drug-likeness (QED) is 0.679. The van der Waals surface area contributed by atoms with Crippen molar-refractivity contribution in [2.75, 3.05) is 6.61 Å². The van der Waals surface area contributed by atoms with E-state index in [2.05, 4.69) is 0 Å². The molecule has 24 heavy (non-hydrogen) atoms. The van der Waals surface area contributed by atoms with Crippen molar-refractivity contribution in [1.82, 2.24) is 4.57 Å². The van der Waals surface area contributed by atoms with Crippen LogP contribution < -0.4 is 10.3 Å². The van der Waals surface area contributed by atoms with Crippen LogP contribution >= 0.6 is 11.6 Å². The van der Waals surface area contributed by atoms with E-state index in [-0.39, 0.29) is 5.56 Å². The van der Waals surface area contributed by atoms with Crippen LogP contribution in [0.2, 0.25) is 5.02 Å². The summed E-state index contributed by atoms with van der Waals surface area (Å²) in [5.74, 6) is 0.816. The molecule has 122 valence electrons. The average Bonchev–Trinajstić information content (AvgIpc) is 2.60. The first-order valence-electron chi connectivity index (χ1n) is 7.84. The number of aromatic nitrogens is 1. The van der Waals surface area contributed by atoms with Gasteiger partial charge in [-0.25, -0.2) is 0 Å². The molecule has 1 aromatic heterocycles. The molecule has 2 aromatic carbocycles. The zero-order valence-corrected chi connectivity index (χ0v) is 14.2. The highest BCUT2D eigenvalue weighted by Gasteiger charge is 2.07. The van der Waals surface area contributed by atoms with Gasteiger partial charge in [0.25, 0.3) is 5.56 Å². The Kier molecular flexibility index (Phi) is 5.02. The highest BCUT2D eigenvalue weighted by molar-refractivity contribution is 6.30. The van der Waals surface area contributed by atoms with Crippen molar-refractivity contribution in [2.45, 2.75) is 13.5 Å². The predicted molar refractivity (Wildman–Crippen MR) is 97.9 cm³/mol. The summed E-state index contributed by atoms with van der Waals surface area (Å²) in [5, 5.41) is 0.686. The Hall–Kier alpha value is -2.52. The maximum absolute atomic E-state index is 12.2. The van der Waals surface area contributed by atoms with E-state index in [9.17, 15) is 4.79 Å². The molecule has 3 nitrogen and oxygen atoms in total. The fraction of sp³-hybridized carbons (Fsp3) is 0.150. The van der Waals surface area contributed by atoms with Crippen LogP contribution in [-0.4, -0.2) is 11.2 Å². The molecule has 0 amide bonds. The van der Waals surface area contributed by atoms with E-state index in [1.165, 1.54) is 0 Å². The lowest BCUT2D eigenvalue weighted by molar-refractivity contribution is 0.341. The van der Waals surface area contributed by atoms with Gasteiger partial charge in [0.2, 0.25) is 0 Å². The van der Waals surface area contributed by atoms with Gasteiger partial charge in [0.05, 0.1) is 13.2 Å². The maximum atomic E-state index is 12.2. The highest BCUT2D eigenvalue weighted by atomic mass is 35.5. The summed E-state index contributed by atoms with van der Waals surface area (Å²) in [5.41, 5.74) is 2.91. The molecule has 0 aliphatic heterocycles. The van der Waals surface area contributed by atoms with E-state index >= 15 is 0 Å². The van der Waals surface area contributed by atoms with E-state index in [1.807, 2.05) is 67.7 Å².